The Bertz CT molecular complexity index is 1840. The molecular weight excluding hydrogens is 650 g/mol. The van der Waals surface area contributed by atoms with E-state index < -0.39 is 24.2 Å². The van der Waals surface area contributed by atoms with Crippen molar-refractivity contribution < 1.29 is 19.2 Å². The van der Waals surface area contributed by atoms with Gasteiger partial charge in [0.2, 0.25) is 17.7 Å². The SMILES string of the molecule is CC(=O)C(CC(C)C)N1CCN(C(=O)C(Cc2c[nH]c3ccccc23)N2CCN[C@@H](Cc3cccc(Cl)c3)C2=O)[C@@H](Cc2ccccc2)C1=O. The molecule has 0 spiro atoms. The predicted molar refractivity (Wildman–Crippen MR) is 196 cm³/mol. The molecule has 2 unspecified atom stereocenters. The number of Topliss-reactive ketones (excluding diaryl/α,β-unsaturated/α-hetero) is 1. The molecule has 2 saturated heterocycles. The highest BCUT2D eigenvalue weighted by molar-refractivity contribution is 6.30. The molecule has 3 amide bonds. The van der Waals surface area contributed by atoms with Gasteiger partial charge in [0.1, 0.15) is 12.1 Å². The topological polar surface area (TPSA) is 106 Å². The predicted octanol–water partition coefficient (Wildman–Crippen LogP) is 5.06. The summed E-state index contributed by atoms with van der Waals surface area (Å²) >= 11 is 6.27. The number of aromatic nitrogens is 1. The van der Waals surface area contributed by atoms with E-state index in [1.54, 1.807) is 20.8 Å². The summed E-state index contributed by atoms with van der Waals surface area (Å²) in [5.41, 5.74) is 3.72. The minimum Gasteiger partial charge on any atom is -0.361 e. The summed E-state index contributed by atoms with van der Waals surface area (Å²) in [7, 11) is 0. The standard InChI is InChI=1S/C40H46ClN5O4/c1-26(2)20-35(27(3)47)45-18-19-46(36(39(45)49)23-28-10-5-4-6-11-28)40(50)37(24-30-25-43-33-15-8-7-14-32(30)33)44-17-16-42-34(38(44)48)22-29-12-9-13-31(41)21-29/h4-15,21,25-26,34-37,42-43H,16-20,22-24H2,1-3H3/t34-,35?,36-,37?/m0/s1. The summed E-state index contributed by atoms with van der Waals surface area (Å²) in [5.74, 6) is -0.495. The number of nitrogens with one attached hydrogen (secondary N) is 2. The monoisotopic (exact) mass is 695 g/mol. The van der Waals surface area contributed by atoms with E-state index in [9.17, 15) is 14.4 Å². The van der Waals surface area contributed by atoms with Crippen molar-refractivity contribution in [3.63, 3.8) is 0 Å². The van der Waals surface area contributed by atoms with E-state index in [0.717, 1.165) is 27.6 Å². The van der Waals surface area contributed by atoms with Crippen molar-refractivity contribution in [2.75, 3.05) is 26.2 Å². The van der Waals surface area contributed by atoms with Crippen molar-refractivity contribution in [2.24, 2.45) is 5.92 Å². The number of benzene rings is 3. The second-order valence-corrected chi connectivity index (χ2v) is 14.4. The lowest BCUT2D eigenvalue weighted by atomic mass is 9.93. The van der Waals surface area contributed by atoms with Crippen LogP contribution in [0.1, 0.15) is 43.9 Å². The third-order valence-electron chi connectivity index (χ3n) is 10.0. The fourth-order valence-electron chi connectivity index (χ4n) is 7.53. The summed E-state index contributed by atoms with van der Waals surface area (Å²) < 4.78 is 0. The molecular formula is C40H46ClN5O4. The maximum absolute atomic E-state index is 15.1. The molecule has 3 heterocycles. The van der Waals surface area contributed by atoms with Crippen molar-refractivity contribution in [1.29, 1.82) is 0 Å². The first-order valence-electron chi connectivity index (χ1n) is 17.6. The number of carbonyl (C=O) groups is 4. The van der Waals surface area contributed by atoms with Crippen LogP contribution < -0.4 is 5.32 Å². The second kappa shape index (κ2) is 15.6. The van der Waals surface area contributed by atoms with Gasteiger partial charge in [-0.25, -0.2) is 0 Å². The number of piperazine rings is 2. The van der Waals surface area contributed by atoms with Crippen molar-refractivity contribution in [2.45, 2.75) is 70.6 Å². The number of hydrogen-bond donors (Lipinski definition) is 2. The number of nitrogens with zero attached hydrogens (tertiary/aromatic N) is 3. The minimum atomic E-state index is -0.845. The van der Waals surface area contributed by atoms with E-state index >= 15 is 4.79 Å². The van der Waals surface area contributed by atoms with Gasteiger partial charge in [-0.2, -0.15) is 0 Å². The number of amides is 3. The fourth-order valence-corrected chi connectivity index (χ4v) is 7.74. The number of hydrogen-bond acceptors (Lipinski definition) is 5. The number of carbonyl (C=O) groups excluding carboxylic acids is 4. The molecule has 4 atom stereocenters. The highest BCUT2D eigenvalue weighted by Crippen LogP contribution is 2.27. The Morgan fingerprint density at radius 3 is 2.30 bits per heavy atom. The molecule has 10 heteroatoms. The van der Waals surface area contributed by atoms with Crippen molar-refractivity contribution in [3.8, 4) is 0 Å². The Morgan fingerprint density at radius 2 is 1.56 bits per heavy atom. The molecule has 0 saturated carbocycles. The zero-order valence-electron chi connectivity index (χ0n) is 29.0. The molecule has 262 valence electrons. The van der Waals surface area contributed by atoms with Crippen LogP contribution in [0.25, 0.3) is 10.9 Å². The van der Waals surface area contributed by atoms with E-state index in [-0.39, 0.29) is 48.9 Å². The van der Waals surface area contributed by atoms with Gasteiger partial charge in [0.05, 0.1) is 12.1 Å². The highest BCUT2D eigenvalue weighted by atomic mass is 35.5. The zero-order chi connectivity index (χ0) is 35.4. The molecule has 9 nitrogen and oxygen atoms in total. The Hall–Kier alpha value is -4.47. The first kappa shape index (κ1) is 35.4. The molecule has 0 bridgehead atoms. The van der Waals surface area contributed by atoms with Gasteiger partial charge in [-0.3, -0.25) is 19.2 Å². The molecule has 2 aliphatic heterocycles. The van der Waals surface area contributed by atoms with Gasteiger partial charge in [-0.05, 0) is 60.6 Å². The number of fused-ring (bicyclic) bond motifs is 1. The largest absolute Gasteiger partial charge is 0.361 e. The number of H-pyrrole nitrogens is 1. The number of rotatable bonds is 12. The lowest BCUT2D eigenvalue weighted by molar-refractivity contribution is -0.160. The van der Waals surface area contributed by atoms with Crippen LogP contribution in [0.2, 0.25) is 5.02 Å². The van der Waals surface area contributed by atoms with Crippen LogP contribution in [0.3, 0.4) is 0 Å². The Morgan fingerprint density at radius 1 is 0.840 bits per heavy atom. The lowest BCUT2D eigenvalue weighted by Crippen LogP contribution is -2.67. The van der Waals surface area contributed by atoms with Gasteiger partial charge in [0.15, 0.2) is 5.78 Å². The van der Waals surface area contributed by atoms with Crippen LogP contribution in [-0.2, 0) is 38.4 Å². The van der Waals surface area contributed by atoms with Crippen molar-refractivity contribution >= 4 is 46.0 Å². The Labute approximate surface area is 299 Å². The molecule has 4 aromatic rings. The first-order chi connectivity index (χ1) is 24.1. The van der Waals surface area contributed by atoms with Crippen LogP contribution in [-0.4, -0.2) is 93.5 Å². The van der Waals surface area contributed by atoms with Crippen molar-refractivity contribution in [1.82, 2.24) is 25.0 Å². The van der Waals surface area contributed by atoms with Crippen LogP contribution in [0.5, 0.6) is 0 Å². The zero-order valence-corrected chi connectivity index (χ0v) is 29.7. The average molecular weight is 696 g/mol. The normalized spacial score (nSPS) is 19.7. The van der Waals surface area contributed by atoms with E-state index in [1.807, 2.05) is 92.8 Å². The molecule has 2 fully saturated rings. The van der Waals surface area contributed by atoms with Gasteiger partial charge < -0.3 is 25.0 Å². The van der Waals surface area contributed by atoms with Gasteiger partial charge in [-0.15, -0.1) is 0 Å². The number of aromatic amines is 1. The number of ketones is 1. The van der Waals surface area contributed by atoms with Crippen LogP contribution >= 0.6 is 11.6 Å². The second-order valence-electron chi connectivity index (χ2n) is 14.0. The summed E-state index contributed by atoms with van der Waals surface area (Å²) in [6.45, 7) is 7.01. The summed E-state index contributed by atoms with van der Waals surface area (Å²) in [6, 6.07) is 22.3. The first-order valence-corrected chi connectivity index (χ1v) is 18.0. The molecule has 1 aromatic heterocycles. The molecule has 2 aliphatic rings. The Kier molecular flexibility index (Phi) is 11.0. The number of para-hydroxylation sites is 1. The summed E-state index contributed by atoms with van der Waals surface area (Å²) in [5, 5.41) is 4.95. The van der Waals surface area contributed by atoms with E-state index in [1.165, 1.54) is 6.92 Å². The van der Waals surface area contributed by atoms with Gasteiger partial charge in [-0.1, -0.05) is 86.1 Å². The molecule has 0 radical (unpaired) electrons. The maximum Gasteiger partial charge on any atom is 0.246 e. The van der Waals surface area contributed by atoms with Crippen LogP contribution in [0, 0.1) is 5.92 Å². The number of halogens is 1. The molecule has 6 rings (SSSR count). The average Bonchev–Trinajstić information content (AvgIpc) is 3.51. The third-order valence-corrected chi connectivity index (χ3v) is 10.3. The van der Waals surface area contributed by atoms with E-state index in [2.05, 4.69) is 10.3 Å². The van der Waals surface area contributed by atoms with Gasteiger partial charge in [0, 0.05) is 61.1 Å². The Balaban J connectivity index is 1.36. The molecule has 3 aromatic carbocycles. The van der Waals surface area contributed by atoms with Gasteiger partial charge >= 0.3 is 0 Å². The summed E-state index contributed by atoms with van der Waals surface area (Å²) in [6.07, 6.45) is 3.49. The van der Waals surface area contributed by atoms with Gasteiger partial charge in [0.25, 0.3) is 0 Å². The highest BCUT2D eigenvalue weighted by Gasteiger charge is 2.45. The smallest absolute Gasteiger partial charge is 0.246 e. The van der Waals surface area contributed by atoms with Crippen molar-refractivity contribution in [3.05, 3.63) is 107 Å². The molecule has 2 N–H and O–H groups in total. The van der Waals surface area contributed by atoms with Crippen LogP contribution in [0.4, 0.5) is 0 Å². The van der Waals surface area contributed by atoms with E-state index in [4.69, 9.17) is 11.6 Å². The quantitative estimate of drug-likeness (QED) is 0.216. The molecule has 50 heavy (non-hydrogen) atoms. The fraction of sp³-hybridized carbons (Fsp3) is 0.400. The molecule has 0 aliphatic carbocycles. The maximum atomic E-state index is 15.1. The third kappa shape index (κ3) is 7.79. The van der Waals surface area contributed by atoms with E-state index in [0.29, 0.717) is 37.4 Å². The summed E-state index contributed by atoms with van der Waals surface area (Å²) in [4.78, 5) is 65.2. The minimum absolute atomic E-state index is 0.0559. The lowest BCUT2D eigenvalue weighted by Gasteiger charge is -2.46. The van der Waals surface area contributed by atoms with Crippen LogP contribution in [0.15, 0.2) is 85.1 Å².